The van der Waals surface area contributed by atoms with Gasteiger partial charge in [0.15, 0.2) is 0 Å². The van der Waals surface area contributed by atoms with Crippen LogP contribution in [0.1, 0.15) is 48.6 Å². The summed E-state index contributed by atoms with van der Waals surface area (Å²) in [6, 6.07) is 35.8. The number of carbonyl (C=O) groups excluding carboxylic acids is 3. The van der Waals surface area contributed by atoms with Gasteiger partial charge < -0.3 is 28.7 Å². The van der Waals surface area contributed by atoms with Gasteiger partial charge in [-0.25, -0.2) is 4.79 Å². The lowest BCUT2D eigenvalue weighted by molar-refractivity contribution is -0.136. The maximum absolute atomic E-state index is 14.9. The molecule has 1 N–H and O–H groups in total. The minimum atomic E-state index is -0.819. The second-order valence-corrected chi connectivity index (χ2v) is 15.2. The summed E-state index contributed by atoms with van der Waals surface area (Å²) in [5, 5.41) is 1.26. The molecule has 11 heteroatoms. The standard InChI is InChI=1S/C48H43N3O8/c1-48(2,3)59-47(54)50-27-39(37-21-19-35(23-41(37)50)58-29-31-14-10-7-11-15-31)44-43(45(52)51(46(44)53)26-32-16-17-33(55-4)24-42(32)56-5)38-25-49-40-22-34(18-20-36(38)40)57-28-30-12-8-6-9-13-30/h6-25,27,49H,26,28-29H2,1-5H3. The number of carbonyl (C=O) groups is 3. The van der Waals surface area contributed by atoms with Crippen LogP contribution in [-0.2, 0) is 34.1 Å². The van der Waals surface area contributed by atoms with Crippen LogP contribution in [0, 0.1) is 0 Å². The van der Waals surface area contributed by atoms with Crippen LogP contribution in [0.15, 0.2) is 128 Å². The number of aromatic nitrogens is 2. The molecule has 0 bridgehead atoms. The summed E-state index contributed by atoms with van der Waals surface area (Å²) in [7, 11) is 3.07. The Hall–Kier alpha value is -7.27. The molecule has 0 unspecified atom stereocenters. The third kappa shape index (κ3) is 7.87. The summed E-state index contributed by atoms with van der Waals surface area (Å²) in [5.41, 5.74) is 4.17. The number of methoxy groups -OCH3 is 2. The number of H-pyrrole nitrogens is 1. The lowest BCUT2D eigenvalue weighted by atomic mass is 9.95. The Morgan fingerprint density at radius 2 is 1.25 bits per heavy atom. The predicted octanol–water partition coefficient (Wildman–Crippen LogP) is 9.56. The van der Waals surface area contributed by atoms with Gasteiger partial charge in [0.25, 0.3) is 11.8 Å². The predicted molar refractivity (Wildman–Crippen MR) is 225 cm³/mol. The van der Waals surface area contributed by atoms with Crippen LogP contribution >= 0.6 is 0 Å². The first kappa shape index (κ1) is 38.6. The molecule has 5 aromatic carbocycles. The van der Waals surface area contributed by atoms with Gasteiger partial charge in [-0.2, -0.15) is 0 Å². The van der Waals surface area contributed by atoms with E-state index in [2.05, 4.69) is 4.98 Å². The molecular weight excluding hydrogens is 747 g/mol. The van der Waals surface area contributed by atoms with Gasteiger partial charge in [-0.15, -0.1) is 0 Å². The van der Waals surface area contributed by atoms with Crippen molar-refractivity contribution < 1.29 is 38.1 Å². The van der Waals surface area contributed by atoms with Crippen molar-refractivity contribution in [2.45, 2.75) is 46.1 Å². The average Bonchev–Trinajstić information content (AvgIpc) is 3.90. The third-order valence-electron chi connectivity index (χ3n) is 10.0. The summed E-state index contributed by atoms with van der Waals surface area (Å²) in [6.45, 7) is 5.95. The number of hydrogen-bond acceptors (Lipinski definition) is 8. The molecule has 1 aliphatic heterocycles. The molecule has 0 spiro atoms. The molecule has 59 heavy (non-hydrogen) atoms. The topological polar surface area (TPSA) is 121 Å². The van der Waals surface area contributed by atoms with Gasteiger partial charge in [0.1, 0.15) is 41.8 Å². The minimum Gasteiger partial charge on any atom is -0.497 e. The van der Waals surface area contributed by atoms with Crippen molar-refractivity contribution in [3.05, 3.63) is 155 Å². The number of benzene rings is 5. The highest BCUT2D eigenvalue weighted by Gasteiger charge is 2.42. The Labute approximate surface area is 341 Å². The Bertz CT molecular complexity index is 2740. The fourth-order valence-electron chi connectivity index (χ4n) is 7.21. The second kappa shape index (κ2) is 15.9. The molecule has 3 heterocycles. The number of fused-ring (bicyclic) bond motifs is 2. The molecule has 0 saturated heterocycles. The Kier molecular flexibility index (Phi) is 10.4. The van der Waals surface area contributed by atoms with Gasteiger partial charge in [0.2, 0.25) is 0 Å². The highest BCUT2D eigenvalue weighted by Crippen LogP contribution is 2.43. The van der Waals surface area contributed by atoms with Crippen LogP contribution < -0.4 is 18.9 Å². The summed E-state index contributed by atoms with van der Waals surface area (Å²) in [6.07, 6.45) is 2.65. The van der Waals surface area contributed by atoms with Gasteiger partial charge >= 0.3 is 6.09 Å². The van der Waals surface area contributed by atoms with E-state index in [-0.39, 0.29) is 17.7 Å². The van der Waals surface area contributed by atoms with Crippen molar-refractivity contribution in [2.75, 3.05) is 14.2 Å². The van der Waals surface area contributed by atoms with E-state index in [1.165, 1.54) is 16.6 Å². The molecule has 298 valence electrons. The molecule has 0 fully saturated rings. The summed E-state index contributed by atoms with van der Waals surface area (Å²) < 4.78 is 30.5. The fourth-order valence-corrected chi connectivity index (χ4v) is 7.21. The van der Waals surface area contributed by atoms with Crippen molar-refractivity contribution in [1.29, 1.82) is 0 Å². The van der Waals surface area contributed by atoms with Crippen molar-refractivity contribution in [1.82, 2.24) is 14.5 Å². The molecule has 1 aliphatic rings. The highest BCUT2D eigenvalue weighted by atomic mass is 16.6. The van der Waals surface area contributed by atoms with Gasteiger partial charge in [-0.3, -0.25) is 19.1 Å². The molecule has 7 aromatic rings. The summed E-state index contributed by atoms with van der Waals surface area (Å²) >= 11 is 0. The van der Waals surface area contributed by atoms with Crippen molar-refractivity contribution in [3.8, 4) is 23.0 Å². The molecule has 2 aromatic heterocycles. The van der Waals surface area contributed by atoms with E-state index in [1.54, 1.807) is 76.7 Å². The van der Waals surface area contributed by atoms with Crippen LogP contribution in [0.25, 0.3) is 33.0 Å². The van der Waals surface area contributed by atoms with Crippen LogP contribution in [0.3, 0.4) is 0 Å². The normalized spacial score (nSPS) is 13.1. The Balaban J connectivity index is 1.26. The Morgan fingerprint density at radius 3 is 1.86 bits per heavy atom. The molecule has 8 rings (SSSR count). The van der Waals surface area contributed by atoms with E-state index in [0.717, 1.165) is 11.1 Å². The van der Waals surface area contributed by atoms with Crippen molar-refractivity contribution >= 4 is 50.9 Å². The van der Waals surface area contributed by atoms with Crippen LogP contribution in [0.5, 0.6) is 23.0 Å². The molecule has 2 amide bonds. The highest BCUT2D eigenvalue weighted by molar-refractivity contribution is 6.50. The van der Waals surface area contributed by atoms with E-state index in [0.29, 0.717) is 74.7 Å². The number of ether oxygens (including phenoxy) is 5. The minimum absolute atomic E-state index is 0.0835. The van der Waals surface area contributed by atoms with Crippen molar-refractivity contribution in [3.63, 3.8) is 0 Å². The van der Waals surface area contributed by atoms with Crippen LogP contribution in [0.4, 0.5) is 4.79 Å². The SMILES string of the molecule is COc1ccc(CN2C(=O)C(c3c[nH]c4cc(OCc5ccccc5)ccc34)=C(c3cn(C(=O)OC(C)(C)C)c4cc(OCc5ccccc5)ccc34)C2=O)c(OC)c1. The zero-order valence-corrected chi connectivity index (χ0v) is 33.4. The number of nitrogens with one attached hydrogen (secondary N) is 1. The van der Waals surface area contributed by atoms with E-state index in [9.17, 15) is 14.4 Å². The lowest BCUT2D eigenvalue weighted by Crippen LogP contribution is -2.31. The molecule has 0 atom stereocenters. The quantitative estimate of drug-likeness (QED) is 0.122. The fraction of sp³-hybridized carbons (Fsp3) is 0.188. The molecule has 0 radical (unpaired) electrons. The smallest absolute Gasteiger partial charge is 0.419 e. The maximum atomic E-state index is 14.9. The van der Waals surface area contributed by atoms with Crippen LogP contribution in [0.2, 0.25) is 0 Å². The number of rotatable bonds is 12. The van der Waals surface area contributed by atoms with Crippen LogP contribution in [-0.4, -0.2) is 52.2 Å². The lowest BCUT2D eigenvalue weighted by Gasteiger charge is -2.19. The number of aromatic amines is 1. The zero-order valence-electron chi connectivity index (χ0n) is 33.4. The number of hydrogen-bond donors (Lipinski definition) is 1. The first-order valence-corrected chi connectivity index (χ1v) is 19.2. The summed E-state index contributed by atoms with van der Waals surface area (Å²) in [4.78, 5) is 48.2. The van der Waals surface area contributed by atoms with E-state index >= 15 is 0 Å². The first-order chi connectivity index (χ1) is 28.5. The van der Waals surface area contributed by atoms with Crippen molar-refractivity contribution in [2.24, 2.45) is 0 Å². The third-order valence-corrected chi connectivity index (χ3v) is 10.0. The van der Waals surface area contributed by atoms with Gasteiger partial charge in [-0.1, -0.05) is 60.7 Å². The second-order valence-electron chi connectivity index (χ2n) is 15.2. The zero-order chi connectivity index (χ0) is 41.3. The summed E-state index contributed by atoms with van der Waals surface area (Å²) in [5.74, 6) is 1.13. The molecule has 0 aliphatic carbocycles. The van der Waals surface area contributed by atoms with Gasteiger partial charge in [-0.05, 0) is 68.3 Å². The number of nitrogens with zero attached hydrogens (tertiary/aromatic N) is 2. The maximum Gasteiger partial charge on any atom is 0.419 e. The average molecular weight is 790 g/mol. The van der Waals surface area contributed by atoms with Gasteiger partial charge in [0, 0.05) is 63.6 Å². The molecule has 0 saturated carbocycles. The van der Waals surface area contributed by atoms with Gasteiger partial charge in [0.05, 0.1) is 37.4 Å². The Morgan fingerprint density at radius 1 is 0.661 bits per heavy atom. The number of amides is 2. The molecular formula is C48H43N3O8. The first-order valence-electron chi connectivity index (χ1n) is 19.2. The van der Waals surface area contributed by atoms with E-state index in [4.69, 9.17) is 23.7 Å². The largest absolute Gasteiger partial charge is 0.497 e. The van der Waals surface area contributed by atoms with E-state index < -0.39 is 23.5 Å². The number of imide groups is 1. The monoisotopic (exact) mass is 789 g/mol. The van der Waals surface area contributed by atoms with E-state index in [1.807, 2.05) is 78.9 Å². The molecule has 11 nitrogen and oxygen atoms in total.